The van der Waals surface area contributed by atoms with Crippen LogP contribution in [-0.4, -0.2) is 25.5 Å². The summed E-state index contributed by atoms with van der Waals surface area (Å²) in [5, 5.41) is 2.87. The van der Waals surface area contributed by atoms with Crippen molar-refractivity contribution in [3.8, 4) is 5.75 Å². The van der Waals surface area contributed by atoms with Crippen LogP contribution in [0.15, 0.2) is 36.4 Å². The minimum atomic E-state index is -0.162. The molecule has 2 amide bonds. The monoisotopic (exact) mass is 354 g/mol. The normalized spacial score (nSPS) is 10.3. The maximum Gasteiger partial charge on any atom is 0.226 e. The molecule has 2 aromatic rings. The number of amides is 2. The van der Waals surface area contributed by atoms with E-state index in [0.717, 1.165) is 22.4 Å². The summed E-state index contributed by atoms with van der Waals surface area (Å²) in [5.74, 6) is 0.365. The van der Waals surface area contributed by atoms with Gasteiger partial charge in [-0.15, -0.1) is 0 Å². The van der Waals surface area contributed by atoms with Gasteiger partial charge in [0.25, 0.3) is 0 Å². The highest BCUT2D eigenvalue weighted by Gasteiger charge is 2.16. The molecular formula is C21H26N2O3. The molecular weight excluding hydrogens is 328 g/mol. The Hall–Kier alpha value is -2.82. The highest BCUT2D eigenvalue weighted by atomic mass is 16.5. The largest absolute Gasteiger partial charge is 0.495 e. The molecule has 2 aromatic carbocycles. The topological polar surface area (TPSA) is 58.6 Å². The molecule has 1 N–H and O–H groups in total. The first-order valence-corrected chi connectivity index (χ1v) is 8.61. The van der Waals surface area contributed by atoms with Gasteiger partial charge in [-0.05, 0) is 50.1 Å². The number of carbonyl (C=O) groups is 2. The summed E-state index contributed by atoms with van der Waals surface area (Å²) in [6.45, 7) is 7.76. The summed E-state index contributed by atoms with van der Waals surface area (Å²) in [7, 11) is 1.57. The number of hydrogen-bond donors (Lipinski definition) is 1. The molecule has 0 radical (unpaired) electrons. The molecule has 0 aliphatic heterocycles. The Bertz CT molecular complexity index is 815. The molecule has 0 aliphatic carbocycles. The van der Waals surface area contributed by atoms with Crippen LogP contribution >= 0.6 is 0 Å². The van der Waals surface area contributed by atoms with Crippen LogP contribution in [0.3, 0.4) is 0 Å². The SMILES string of the molecule is COc1ccc(C)cc1NC(=O)CCN(C(C)=O)c1ccc(C)cc1C. The number of rotatable bonds is 6. The van der Waals surface area contributed by atoms with Gasteiger partial charge in [-0.2, -0.15) is 0 Å². The second-order valence-corrected chi connectivity index (χ2v) is 6.46. The van der Waals surface area contributed by atoms with Crippen LogP contribution in [0.4, 0.5) is 11.4 Å². The predicted molar refractivity (Wildman–Crippen MR) is 105 cm³/mol. The van der Waals surface area contributed by atoms with E-state index < -0.39 is 0 Å². The Morgan fingerprint density at radius 3 is 2.31 bits per heavy atom. The van der Waals surface area contributed by atoms with Crippen LogP contribution < -0.4 is 15.0 Å². The van der Waals surface area contributed by atoms with Crippen molar-refractivity contribution in [2.45, 2.75) is 34.1 Å². The second-order valence-electron chi connectivity index (χ2n) is 6.46. The van der Waals surface area contributed by atoms with E-state index in [1.54, 1.807) is 12.0 Å². The number of nitrogens with one attached hydrogen (secondary N) is 1. The fraction of sp³-hybridized carbons (Fsp3) is 0.333. The highest BCUT2D eigenvalue weighted by molar-refractivity contribution is 5.96. The summed E-state index contributed by atoms with van der Waals surface area (Å²) >= 11 is 0. The van der Waals surface area contributed by atoms with Gasteiger partial charge in [-0.1, -0.05) is 23.8 Å². The maximum atomic E-state index is 12.4. The zero-order chi connectivity index (χ0) is 19.3. The van der Waals surface area contributed by atoms with Crippen molar-refractivity contribution >= 4 is 23.2 Å². The first-order valence-electron chi connectivity index (χ1n) is 8.61. The lowest BCUT2D eigenvalue weighted by Crippen LogP contribution is -2.32. The average molecular weight is 354 g/mol. The van der Waals surface area contributed by atoms with E-state index in [9.17, 15) is 9.59 Å². The van der Waals surface area contributed by atoms with E-state index in [4.69, 9.17) is 4.74 Å². The smallest absolute Gasteiger partial charge is 0.226 e. The van der Waals surface area contributed by atoms with Crippen LogP contribution in [0.1, 0.15) is 30.0 Å². The van der Waals surface area contributed by atoms with Gasteiger partial charge in [0.15, 0.2) is 0 Å². The van der Waals surface area contributed by atoms with Crippen molar-refractivity contribution in [2.75, 3.05) is 23.9 Å². The predicted octanol–water partition coefficient (Wildman–Crippen LogP) is 4.00. The van der Waals surface area contributed by atoms with Gasteiger partial charge in [-0.3, -0.25) is 9.59 Å². The molecule has 0 atom stereocenters. The summed E-state index contributed by atoms with van der Waals surface area (Å²) in [6.07, 6.45) is 0.198. The van der Waals surface area contributed by atoms with Crippen molar-refractivity contribution in [2.24, 2.45) is 0 Å². The van der Waals surface area contributed by atoms with Gasteiger partial charge in [0.2, 0.25) is 11.8 Å². The Balaban J connectivity index is 2.08. The fourth-order valence-electron chi connectivity index (χ4n) is 2.90. The van der Waals surface area contributed by atoms with E-state index in [1.165, 1.54) is 6.92 Å². The molecule has 2 rings (SSSR count). The molecule has 26 heavy (non-hydrogen) atoms. The zero-order valence-electron chi connectivity index (χ0n) is 16.1. The first kappa shape index (κ1) is 19.5. The number of aryl methyl sites for hydroxylation is 3. The maximum absolute atomic E-state index is 12.4. The lowest BCUT2D eigenvalue weighted by molar-refractivity contribution is -0.117. The van der Waals surface area contributed by atoms with Gasteiger partial charge in [0, 0.05) is 25.6 Å². The van der Waals surface area contributed by atoms with Gasteiger partial charge in [0.05, 0.1) is 12.8 Å². The molecule has 138 valence electrons. The van der Waals surface area contributed by atoms with Gasteiger partial charge >= 0.3 is 0 Å². The average Bonchev–Trinajstić information content (AvgIpc) is 2.56. The van der Waals surface area contributed by atoms with Crippen molar-refractivity contribution in [1.29, 1.82) is 0 Å². The van der Waals surface area contributed by atoms with Gasteiger partial charge in [0.1, 0.15) is 5.75 Å². The van der Waals surface area contributed by atoms with E-state index in [0.29, 0.717) is 18.0 Å². The Kier molecular flexibility index (Phi) is 6.39. The standard InChI is InChI=1S/C21H26N2O3/c1-14-6-8-19(16(3)12-14)23(17(4)24)11-10-21(25)22-18-13-15(2)7-9-20(18)26-5/h6-9,12-13H,10-11H2,1-5H3,(H,22,25). The van der Waals surface area contributed by atoms with E-state index >= 15 is 0 Å². The van der Waals surface area contributed by atoms with E-state index in [-0.39, 0.29) is 18.2 Å². The van der Waals surface area contributed by atoms with Crippen molar-refractivity contribution in [3.05, 3.63) is 53.1 Å². The molecule has 5 nitrogen and oxygen atoms in total. The third-order valence-electron chi connectivity index (χ3n) is 4.21. The third-order valence-corrected chi connectivity index (χ3v) is 4.21. The zero-order valence-corrected chi connectivity index (χ0v) is 16.1. The van der Waals surface area contributed by atoms with Gasteiger partial charge < -0.3 is 15.0 Å². The minimum absolute atomic E-state index is 0.0853. The van der Waals surface area contributed by atoms with Gasteiger partial charge in [-0.25, -0.2) is 0 Å². The van der Waals surface area contributed by atoms with Crippen LogP contribution in [0.5, 0.6) is 5.75 Å². The third kappa shape index (κ3) is 4.85. The van der Waals surface area contributed by atoms with Crippen LogP contribution in [-0.2, 0) is 9.59 Å². The Morgan fingerprint density at radius 2 is 1.69 bits per heavy atom. The Labute approximate surface area is 155 Å². The highest BCUT2D eigenvalue weighted by Crippen LogP contribution is 2.26. The number of carbonyl (C=O) groups excluding carboxylic acids is 2. The molecule has 0 bridgehead atoms. The van der Waals surface area contributed by atoms with Crippen molar-refractivity contribution in [1.82, 2.24) is 0 Å². The van der Waals surface area contributed by atoms with Crippen LogP contribution in [0.25, 0.3) is 0 Å². The number of nitrogens with zero attached hydrogens (tertiary/aromatic N) is 1. The van der Waals surface area contributed by atoms with Crippen molar-refractivity contribution in [3.63, 3.8) is 0 Å². The molecule has 5 heteroatoms. The molecule has 0 heterocycles. The first-order chi connectivity index (χ1) is 12.3. The number of anilines is 2. The number of hydrogen-bond acceptors (Lipinski definition) is 3. The Morgan fingerprint density at radius 1 is 1.04 bits per heavy atom. The van der Waals surface area contributed by atoms with Crippen LogP contribution in [0, 0.1) is 20.8 Å². The van der Waals surface area contributed by atoms with E-state index in [1.807, 2.05) is 57.2 Å². The number of methoxy groups -OCH3 is 1. The summed E-state index contributed by atoms with van der Waals surface area (Å²) in [4.78, 5) is 26.1. The molecule has 0 aliphatic rings. The molecule has 0 aromatic heterocycles. The lowest BCUT2D eigenvalue weighted by atomic mass is 10.1. The van der Waals surface area contributed by atoms with Crippen molar-refractivity contribution < 1.29 is 14.3 Å². The molecule has 0 unspecified atom stereocenters. The second kappa shape index (κ2) is 8.52. The summed E-state index contributed by atoms with van der Waals surface area (Å²) < 4.78 is 5.28. The van der Waals surface area contributed by atoms with Crippen LogP contribution in [0.2, 0.25) is 0 Å². The molecule has 0 saturated heterocycles. The summed E-state index contributed by atoms with van der Waals surface area (Å²) in [5.41, 5.74) is 4.66. The van der Waals surface area contributed by atoms with E-state index in [2.05, 4.69) is 5.32 Å². The molecule has 0 spiro atoms. The molecule has 0 saturated carbocycles. The lowest BCUT2D eigenvalue weighted by Gasteiger charge is -2.23. The quantitative estimate of drug-likeness (QED) is 0.853. The molecule has 0 fully saturated rings. The fourth-order valence-corrected chi connectivity index (χ4v) is 2.90. The number of ether oxygens (including phenoxy) is 1. The summed E-state index contributed by atoms with van der Waals surface area (Å²) in [6, 6.07) is 11.5. The number of benzene rings is 2. The minimum Gasteiger partial charge on any atom is -0.495 e.